The number of tetrazole rings is 1. The van der Waals surface area contributed by atoms with Crippen molar-refractivity contribution in [2.24, 2.45) is 12.8 Å². The number of hydrogen-bond donors (Lipinski definition) is 3. The number of rotatable bonds is 7. The van der Waals surface area contributed by atoms with Gasteiger partial charge in [0.15, 0.2) is 11.3 Å². The summed E-state index contributed by atoms with van der Waals surface area (Å²) >= 11 is 0. The fraction of sp³-hybridized carbons (Fsp3) is 0.333. The summed E-state index contributed by atoms with van der Waals surface area (Å²) in [7, 11) is 1.78. The molecule has 0 unspecified atom stereocenters. The third-order valence-electron chi connectivity index (χ3n) is 7.59. The Labute approximate surface area is 252 Å². The van der Waals surface area contributed by atoms with Crippen LogP contribution in [0, 0.1) is 5.82 Å². The number of aromatic amines is 1. The topological polar surface area (TPSA) is 157 Å². The van der Waals surface area contributed by atoms with Gasteiger partial charge in [0.05, 0.1) is 24.2 Å². The van der Waals surface area contributed by atoms with Gasteiger partial charge in [-0.2, -0.15) is 5.10 Å². The number of nitrogens with two attached hydrogens (primary N) is 1. The van der Waals surface area contributed by atoms with Crippen molar-refractivity contribution in [3.8, 4) is 22.6 Å². The Morgan fingerprint density at radius 3 is 2.43 bits per heavy atom. The minimum atomic E-state index is -1.09. The Hall–Kier alpha value is -3.75. The molecule has 1 aliphatic heterocycles. The molecule has 0 radical (unpaired) electrons. The molecule has 12 nitrogen and oxygen atoms in total. The lowest BCUT2D eigenvalue weighted by Crippen LogP contribution is -2.47. The number of nitrogens with one attached hydrogen (secondary N) is 1. The van der Waals surface area contributed by atoms with E-state index < -0.39 is 5.60 Å². The van der Waals surface area contributed by atoms with Crippen molar-refractivity contribution in [3.05, 3.63) is 76.1 Å². The number of halogens is 3. The molecule has 0 saturated carbocycles. The summed E-state index contributed by atoms with van der Waals surface area (Å²) in [6.45, 7) is 2.07. The van der Waals surface area contributed by atoms with Gasteiger partial charge in [0, 0.05) is 49.9 Å². The number of benzene rings is 2. The molecule has 0 aliphatic carbocycles. The van der Waals surface area contributed by atoms with Crippen LogP contribution in [0.5, 0.6) is 0 Å². The highest BCUT2D eigenvalue weighted by atomic mass is 35.5. The van der Waals surface area contributed by atoms with Crippen molar-refractivity contribution in [2.75, 3.05) is 13.1 Å². The molecule has 3 aromatic heterocycles. The van der Waals surface area contributed by atoms with Crippen LogP contribution in [-0.2, 0) is 26.7 Å². The van der Waals surface area contributed by atoms with E-state index in [4.69, 9.17) is 5.73 Å². The maximum absolute atomic E-state index is 14.8. The van der Waals surface area contributed by atoms with Gasteiger partial charge in [0.2, 0.25) is 0 Å². The molecule has 42 heavy (non-hydrogen) atoms. The number of piperidine rings is 1. The van der Waals surface area contributed by atoms with Crippen molar-refractivity contribution < 1.29 is 9.50 Å². The van der Waals surface area contributed by atoms with Gasteiger partial charge in [-0.1, -0.05) is 36.4 Å². The van der Waals surface area contributed by atoms with Gasteiger partial charge in [-0.25, -0.2) is 14.5 Å². The summed E-state index contributed by atoms with van der Waals surface area (Å²) in [5.74, 6) is 0.0604. The molecule has 1 saturated heterocycles. The molecule has 4 N–H and O–H groups in total. The number of likely N-dealkylation sites (tertiary alicyclic amines) is 1. The first-order valence-electron chi connectivity index (χ1n) is 13.0. The SMILES string of the molecule is Cl.Cl.Cn1nc2c(=O)n(CC3(O)CCN(Cc4ccc(-c5nnn[nH]5)cc4F)CC3)cnc2c1-c1ccc(CN)cc1. The second kappa shape index (κ2) is 12.6. The van der Waals surface area contributed by atoms with Crippen molar-refractivity contribution in [2.45, 2.75) is 38.1 Å². The molecule has 0 atom stereocenters. The summed E-state index contributed by atoms with van der Waals surface area (Å²) < 4.78 is 17.9. The molecular formula is C27H31Cl2FN10O2. The minimum Gasteiger partial charge on any atom is -0.388 e. The summed E-state index contributed by atoms with van der Waals surface area (Å²) in [5.41, 5.74) is 8.85. The molecule has 0 spiro atoms. The Bertz CT molecular complexity index is 1720. The van der Waals surface area contributed by atoms with Crippen LogP contribution in [-0.4, -0.2) is 68.7 Å². The van der Waals surface area contributed by atoms with Gasteiger partial charge < -0.3 is 10.8 Å². The Balaban J connectivity index is 0.00000202. The average Bonchev–Trinajstić information content (AvgIpc) is 3.61. The predicted molar refractivity (Wildman–Crippen MR) is 160 cm³/mol. The fourth-order valence-electron chi connectivity index (χ4n) is 5.28. The van der Waals surface area contributed by atoms with Gasteiger partial charge >= 0.3 is 0 Å². The molecule has 1 aliphatic rings. The van der Waals surface area contributed by atoms with Crippen LogP contribution >= 0.6 is 24.8 Å². The molecule has 1 fully saturated rings. The quantitative estimate of drug-likeness (QED) is 0.250. The monoisotopic (exact) mass is 616 g/mol. The van der Waals surface area contributed by atoms with Crippen LogP contribution in [0.2, 0.25) is 0 Å². The summed E-state index contributed by atoms with van der Waals surface area (Å²) in [4.78, 5) is 20.0. The molecule has 222 valence electrons. The van der Waals surface area contributed by atoms with Gasteiger partial charge in [-0.3, -0.25) is 18.9 Å². The molecule has 6 rings (SSSR count). The molecule has 0 amide bonds. The molecule has 2 aromatic carbocycles. The third kappa shape index (κ3) is 6.05. The number of nitrogens with zero attached hydrogens (tertiary/aromatic N) is 8. The van der Waals surface area contributed by atoms with Crippen molar-refractivity contribution in [3.63, 3.8) is 0 Å². The zero-order valence-electron chi connectivity index (χ0n) is 22.8. The number of fused-ring (bicyclic) bond motifs is 1. The number of aryl methyl sites for hydroxylation is 1. The Kier molecular flexibility index (Phi) is 9.38. The first-order valence-corrected chi connectivity index (χ1v) is 13.0. The lowest BCUT2D eigenvalue weighted by atomic mass is 9.91. The van der Waals surface area contributed by atoms with Gasteiger partial charge in [0.1, 0.15) is 11.3 Å². The lowest BCUT2D eigenvalue weighted by molar-refractivity contribution is -0.0366. The number of aromatic nitrogens is 8. The largest absolute Gasteiger partial charge is 0.388 e. The van der Waals surface area contributed by atoms with Crippen LogP contribution in [0.25, 0.3) is 33.7 Å². The number of aliphatic hydroxyl groups is 1. The fourth-order valence-corrected chi connectivity index (χ4v) is 5.28. The normalized spacial score (nSPS) is 14.9. The van der Waals surface area contributed by atoms with Gasteiger partial charge in [-0.15, -0.1) is 29.9 Å². The van der Waals surface area contributed by atoms with E-state index in [0.717, 1.165) is 16.8 Å². The van der Waals surface area contributed by atoms with Crippen molar-refractivity contribution >= 4 is 35.8 Å². The van der Waals surface area contributed by atoms with Crippen molar-refractivity contribution in [1.29, 1.82) is 0 Å². The molecule has 5 aromatic rings. The van der Waals surface area contributed by atoms with Crippen LogP contribution in [0.1, 0.15) is 24.0 Å². The first-order chi connectivity index (χ1) is 19.3. The van der Waals surface area contributed by atoms with E-state index in [-0.39, 0.29) is 48.3 Å². The second-order valence-electron chi connectivity index (χ2n) is 10.3. The standard InChI is InChI=1S/C27H29FN10O2.2ClH/c1-36-24(18-4-2-17(13-29)3-5-18)22-23(33-36)26(39)38(16-30-22)15-27(40)8-10-37(11-9-27)14-20-7-6-19(12-21(20)28)25-31-34-35-32-25;;/h2-7,12,16,40H,8-11,13-15,29H2,1H3,(H,31,32,34,35);2*1H. The van der Waals surface area contributed by atoms with E-state index in [1.54, 1.807) is 23.9 Å². The van der Waals surface area contributed by atoms with E-state index in [0.29, 0.717) is 61.5 Å². The maximum atomic E-state index is 14.8. The van der Waals surface area contributed by atoms with E-state index in [2.05, 4.69) is 35.6 Å². The Morgan fingerprint density at radius 1 is 1.07 bits per heavy atom. The van der Waals surface area contributed by atoms with E-state index in [1.165, 1.54) is 17.0 Å². The highest BCUT2D eigenvalue weighted by molar-refractivity contribution is 5.89. The second-order valence-corrected chi connectivity index (χ2v) is 10.3. The highest BCUT2D eigenvalue weighted by Gasteiger charge is 2.33. The zero-order valence-corrected chi connectivity index (χ0v) is 24.4. The zero-order chi connectivity index (χ0) is 27.9. The van der Waals surface area contributed by atoms with E-state index in [9.17, 15) is 14.3 Å². The Morgan fingerprint density at radius 2 is 1.79 bits per heavy atom. The third-order valence-corrected chi connectivity index (χ3v) is 7.59. The lowest BCUT2D eigenvalue weighted by Gasteiger charge is -2.38. The predicted octanol–water partition coefficient (Wildman–Crippen LogP) is 2.45. The summed E-state index contributed by atoms with van der Waals surface area (Å²) in [6, 6.07) is 12.7. The minimum absolute atomic E-state index is 0. The van der Waals surface area contributed by atoms with Crippen LogP contribution in [0.15, 0.2) is 53.6 Å². The van der Waals surface area contributed by atoms with Crippen LogP contribution in [0.4, 0.5) is 4.39 Å². The van der Waals surface area contributed by atoms with Crippen LogP contribution < -0.4 is 11.3 Å². The van der Waals surface area contributed by atoms with Gasteiger partial charge in [-0.05, 0) is 34.9 Å². The van der Waals surface area contributed by atoms with Crippen LogP contribution in [0.3, 0.4) is 0 Å². The maximum Gasteiger partial charge on any atom is 0.281 e. The van der Waals surface area contributed by atoms with Crippen molar-refractivity contribution in [1.82, 2.24) is 44.9 Å². The summed E-state index contributed by atoms with van der Waals surface area (Å²) in [5, 5.41) is 29.3. The molecular weight excluding hydrogens is 586 g/mol. The smallest absolute Gasteiger partial charge is 0.281 e. The number of H-pyrrole nitrogens is 1. The molecule has 4 heterocycles. The highest BCUT2D eigenvalue weighted by Crippen LogP contribution is 2.28. The average molecular weight is 618 g/mol. The number of hydrogen-bond acceptors (Lipinski definition) is 9. The summed E-state index contributed by atoms with van der Waals surface area (Å²) in [6.07, 6.45) is 2.35. The first kappa shape index (κ1) is 31.2. The van der Waals surface area contributed by atoms with E-state index >= 15 is 0 Å². The van der Waals surface area contributed by atoms with Gasteiger partial charge in [0.25, 0.3) is 5.56 Å². The molecule has 0 bridgehead atoms. The van der Waals surface area contributed by atoms with E-state index in [1.807, 2.05) is 24.3 Å². The molecule has 15 heteroatoms.